The molecule has 0 spiro atoms. The summed E-state index contributed by atoms with van der Waals surface area (Å²) in [5.41, 5.74) is 0.962. The molecule has 1 aromatic carbocycles. The third-order valence-corrected chi connectivity index (χ3v) is 7.64. The van der Waals surface area contributed by atoms with Gasteiger partial charge >= 0.3 is 0 Å². The van der Waals surface area contributed by atoms with Gasteiger partial charge in [-0.3, -0.25) is 4.79 Å². The molecule has 0 radical (unpaired) electrons. The average Bonchev–Trinajstić information content (AvgIpc) is 3.41. The van der Waals surface area contributed by atoms with Crippen LogP contribution in [0.5, 0.6) is 0 Å². The van der Waals surface area contributed by atoms with Gasteiger partial charge in [0.05, 0.1) is 4.90 Å². The fourth-order valence-electron chi connectivity index (χ4n) is 4.20. The van der Waals surface area contributed by atoms with Gasteiger partial charge in [-0.15, -0.1) is 0 Å². The molecule has 146 valence electrons. The second kappa shape index (κ2) is 7.64. The van der Waals surface area contributed by atoms with Crippen LogP contribution in [-0.4, -0.2) is 42.3 Å². The van der Waals surface area contributed by atoms with Crippen molar-refractivity contribution in [2.75, 3.05) is 13.1 Å². The largest absolute Gasteiger partial charge is 0.353 e. The maximum absolute atomic E-state index is 12.7. The lowest BCUT2D eigenvalue weighted by atomic mass is 10.2. The summed E-state index contributed by atoms with van der Waals surface area (Å²) >= 11 is 0. The van der Waals surface area contributed by atoms with Crippen molar-refractivity contribution in [3.8, 4) is 0 Å². The summed E-state index contributed by atoms with van der Waals surface area (Å²) in [6.45, 7) is 1.81. The number of amides is 1. The van der Waals surface area contributed by atoms with Crippen LogP contribution >= 0.6 is 0 Å². The average molecular weight is 390 g/mol. The number of nitrogens with one attached hydrogen (secondary N) is 1. The van der Waals surface area contributed by atoms with Crippen LogP contribution in [0.4, 0.5) is 0 Å². The third kappa shape index (κ3) is 3.89. The summed E-state index contributed by atoms with van der Waals surface area (Å²) in [5.74, 6) is 0.0944. The minimum absolute atomic E-state index is 0.0944. The fraction of sp³-hybridized carbons (Fsp3) is 0.550. The normalized spacial score (nSPS) is 19.1. The second-order valence-corrected chi connectivity index (χ2v) is 9.58. The van der Waals surface area contributed by atoms with Gasteiger partial charge in [0.1, 0.15) is 0 Å². The Morgan fingerprint density at radius 2 is 1.81 bits per heavy atom. The van der Waals surface area contributed by atoms with Crippen LogP contribution in [0.2, 0.25) is 0 Å². The van der Waals surface area contributed by atoms with E-state index in [-0.39, 0.29) is 5.91 Å². The van der Waals surface area contributed by atoms with Crippen molar-refractivity contribution in [2.24, 2.45) is 0 Å². The Balaban J connectivity index is 1.45. The summed E-state index contributed by atoms with van der Waals surface area (Å²) in [6.07, 6.45) is 8.82. The molecule has 0 unspecified atom stereocenters. The first kappa shape index (κ1) is 18.5. The summed E-state index contributed by atoms with van der Waals surface area (Å²) < 4.78 is 29.1. The molecule has 1 saturated heterocycles. The van der Waals surface area contributed by atoms with E-state index in [2.05, 4.69) is 5.32 Å². The predicted octanol–water partition coefficient (Wildman–Crippen LogP) is 2.87. The minimum atomic E-state index is -3.40. The fourth-order valence-corrected chi connectivity index (χ4v) is 5.76. The Bertz CT molecular complexity index is 923. The van der Waals surface area contributed by atoms with Crippen LogP contribution < -0.4 is 5.32 Å². The van der Waals surface area contributed by atoms with Crippen LogP contribution in [0.15, 0.2) is 35.4 Å². The molecule has 6 nitrogen and oxygen atoms in total. The Kier molecular flexibility index (Phi) is 5.23. The van der Waals surface area contributed by atoms with E-state index in [4.69, 9.17) is 0 Å². The highest BCUT2D eigenvalue weighted by Crippen LogP contribution is 2.25. The lowest BCUT2D eigenvalue weighted by Crippen LogP contribution is -2.33. The minimum Gasteiger partial charge on any atom is -0.353 e. The first-order chi connectivity index (χ1) is 13.0. The maximum atomic E-state index is 12.7. The number of benzene rings is 1. The van der Waals surface area contributed by atoms with E-state index in [1.807, 2.05) is 22.9 Å². The number of carbonyl (C=O) groups is 1. The first-order valence-corrected chi connectivity index (χ1v) is 11.4. The second-order valence-electron chi connectivity index (χ2n) is 7.64. The Hall–Kier alpha value is -1.86. The van der Waals surface area contributed by atoms with E-state index in [0.717, 1.165) is 36.6 Å². The summed E-state index contributed by atoms with van der Waals surface area (Å²) in [5, 5.41) is 4.01. The number of carbonyl (C=O) groups excluding carboxylic acids is 1. The summed E-state index contributed by atoms with van der Waals surface area (Å²) in [4.78, 5) is 12.5. The van der Waals surface area contributed by atoms with Crippen LogP contribution in [0.1, 0.15) is 44.9 Å². The molecular weight excluding hydrogens is 362 g/mol. The molecule has 1 saturated carbocycles. The summed E-state index contributed by atoms with van der Waals surface area (Å²) in [6, 6.07) is 7.56. The molecule has 2 aliphatic rings. The first-order valence-electron chi connectivity index (χ1n) is 9.92. The molecule has 0 atom stereocenters. The number of nitrogens with zero attached hydrogens (tertiary/aromatic N) is 2. The van der Waals surface area contributed by atoms with Crippen molar-refractivity contribution in [2.45, 2.75) is 62.4 Å². The van der Waals surface area contributed by atoms with Gasteiger partial charge in [-0.2, -0.15) is 4.31 Å². The predicted molar refractivity (Wildman–Crippen MR) is 105 cm³/mol. The quantitative estimate of drug-likeness (QED) is 0.826. The van der Waals surface area contributed by atoms with Crippen LogP contribution in [0.25, 0.3) is 10.9 Å². The number of aromatic nitrogens is 1. The van der Waals surface area contributed by atoms with Crippen LogP contribution in [-0.2, 0) is 21.4 Å². The molecule has 4 rings (SSSR count). The topological polar surface area (TPSA) is 71.4 Å². The van der Waals surface area contributed by atoms with Gasteiger partial charge in [0.15, 0.2) is 0 Å². The Morgan fingerprint density at radius 3 is 2.56 bits per heavy atom. The lowest BCUT2D eigenvalue weighted by molar-refractivity contribution is -0.121. The van der Waals surface area contributed by atoms with Crippen LogP contribution in [0, 0.1) is 0 Å². The molecule has 27 heavy (non-hydrogen) atoms. The van der Waals surface area contributed by atoms with Crippen molar-refractivity contribution in [3.63, 3.8) is 0 Å². The van der Waals surface area contributed by atoms with Gasteiger partial charge < -0.3 is 9.88 Å². The molecule has 2 aromatic rings. The van der Waals surface area contributed by atoms with Crippen molar-refractivity contribution >= 4 is 26.8 Å². The zero-order chi connectivity index (χ0) is 18.9. The van der Waals surface area contributed by atoms with Crippen molar-refractivity contribution in [3.05, 3.63) is 30.5 Å². The molecule has 7 heteroatoms. The Morgan fingerprint density at radius 1 is 1.07 bits per heavy atom. The van der Waals surface area contributed by atoms with E-state index < -0.39 is 10.0 Å². The van der Waals surface area contributed by atoms with E-state index in [9.17, 15) is 13.2 Å². The van der Waals surface area contributed by atoms with Gasteiger partial charge in [-0.1, -0.05) is 12.8 Å². The van der Waals surface area contributed by atoms with E-state index in [1.165, 1.54) is 12.8 Å². The van der Waals surface area contributed by atoms with Crippen molar-refractivity contribution in [1.29, 1.82) is 0 Å². The van der Waals surface area contributed by atoms with Crippen LogP contribution in [0.3, 0.4) is 0 Å². The number of fused-ring (bicyclic) bond motifs is 1. The number of aryl methyl sites for hydroxylation is 1. The molecule has 2 heterocycles. The Labute approximate surface area is 160 Å². The molecule has 1 aromatic heterocycles. The number of sulfonamides is 1. The molecule has 0 bridgehead atoms. The maximum Gasteiger partial charge on any atom is 0.243 e. The molecule has 1 amide bonds. The van der Waals surface area contributed by atoms with Gasteiger partial charge in [0.25, 0.3) is 0 Å². The van der Waals surface area contributed by atoms with E-state index >= 15 is 0 Å². The molecule has 1 aliphatic carbocycles. The number of rotatable bonds is 6. The number of hydrogen-bond donors (Lipinski definition) is 1. The summed E-state index contributed by atoms with van der Waals surface area (Å²) in [7, 11) is -3.40. The smallest absolute Gasteiger partial charge is 0.243 e. The van der Waals surface area contributed by atoms with Gasteiger partial charge in [-0.25, -0.2) is 8.42 Å². The highest BCUT2D eigenvalue weighted by atomic mass is 32.2. The highest BCUT2D eigenvalue weighted by Gasteiger charge is 2.27. The number of hydrogen-bond acceptors (Lipinski definition) is 3. The lowest BCUT2D eigenvalue weighted by Gasteiger charge is -2.15. The molecule has 2 fully saturated rings. The van der Waals surface area contributed by atoms with E-state index in [0.29, 0.717) is 37.0 Å². The monoisotopic (exact) mass is 389 g/mol. The zero-order valence-electron chi connectivity index (χ0n) is 15.6. The van der Waals surface area contributed by atoms with Gasteiger partial charge in [0, 0.05) is 49.2 Å². The van der Waals surface area contributed by atoms with Crippen molar-refractivity contribution in [1.82, 2.24) is 14.2 Å². The van der Waals surface area contributed by atoms with Gasteiger partial charge in [0.2, 0.25) is 15.9 Å². The van der Waals surface area contributed by atoms with Crippen molar-refractivity contribution < 1.29 is 13.2 Å². The van der Waals surface area contributed by atoms with E-state index in [1.54, 1.807) is 16.4 Å². The standard InChI is InChI=1S/C20H27N3O3S/c24-20(21-17-5-1-2-6-17)10-14-22-13-9-16-15-18(7-8-19(16)22)27(25,26)23-11-3-4-12-23/h7-9,13,15,17H,1-6,10-12,14H2,(H,21,24). The molecule has 1 aliphatic heterocycles. The highest BCUT2D eigenvalue weighted by molar-refractivity contribution is 7.89. The SMILES string of the molecule is O=C(CCn1ccc2cc(S(=O)(=O)N3CCCC3)ccc21)NC1CCCC1. The zero-order valence-corrected chi connectivity index (χ0v) is 16.4. The molecule has 1 N–H and O–H groups in total. The van der Waals surface area contributed by atoms with Gasteiger partial charge in [-0.05, 0) is 49.9 Å². The third-order valence-electron chi connectivity index (χ3n) is 5.75. The molecular formula is C20H27N3O3S.